The van der Waals surface area contributed by atoms with Crippen molar-refractivity contribution in [1.82, 2.24) is 0 Å². The molecule has 80 heavy (non-hydrogen) atoms. The molecule has 0 N–H and O–H groups in total. The van der Waals surface area contributed by atoms with Gasteiger partial charge in [-0.05, 0) is 96.3 Å². The summed E-state index contributed by atoms with van der Waals surface area (Å²) in [6, 6.07) is 0. The lowest BCUT2D eigenvalue weighted by Crippen LogP contribution is -2.30. The Bertz CT molecular complexity index is 1650. The van der Waals surface area contributed by atoms with Crippen molar-refractivity contribution in [3.8, 4) is 0 Å². The van der Waals surface area contributed by atoms with Crippen molar-refractivity contribution < 1.29 is 28.6 Å². The zero-order valence-electron chi connectivity index (χ0n) is 52.3. The predicted molar refractivity (Wildman–Crippen MR) is 348 cm³/mol. The van der Waals surface area contributed by atoms with Crippen LogP contribution < -0.4 is 0 Å². The second-order valence-corrected chi connectivity index (χ2v) is 22.0. The average molecular weight is 1110 g/mol. The van der Waals surface area contributed by atoms with E-state index in [1.807, 2.05) is 6.08 Å². The summed E-state index contributed by atoms with van der Waals surface area (Å²) in [5, 5.41) is 0. The third-order valence-electron chi connectivity index (χ3n) is 14.2. The lowest BCUT2D eigenvalue weighted by molar-refractivity contribution is -0.166. The molecule has 0 fully saturated rings. The molecule has 0 aliphatic carbocycles. The molecule has 0 saturated heterocycles. The first-order valence-corrected chi connectivity index (χ1v) is 33.5. The highest BCUT2D eigenvalue weighted by atomic mass is 16.6. The van der Waals surface area contributed by atoms with Crippen LogP contribution >= 0.6 is 0 Å². The fraction of sp³-hybridized carbons (Fsp3) is 0.689. The molecule has 0 radical (unpaired) electrons. The van der Waals surface area contributed by atoms with Crippen molar-refractivity contribution >= 4 is 17.9 Å². The molecule has 0 spiro atoms. The van der Waals surface area contributed by atoms with Crippen molar-refractivity contribution in [3.63, 3.8) is 0 Å². The molecule has 0 aliphatic rings. The zero-order chi connectivity index (χ0) is 57.8. The predicted octanol–water partition coefficient (Wildman–Crippen LogP) is 23.2. The molecule has 0 aromatic rings. The summed E-state index contributed by atoms with van der Waals surface area (Å²) in [5.41, 5.74) is 0. The summed E-state index contributed by atoms with van der Waals surface area (Å²) in [7, 11) is 0. The van der Waals surface area contributed by atoms with E-state index in [4.69, 9.17) is 14.2 Å². The van der Waals surface area contributed by atoms with Gasteiger partial charge in [-0.3, -0.25) is 14.4 Å². The minimum atomic E-state index is -0.813. The van der Waals surface area contributed by atoms with Crippen molar-refractivity contribution in [2.45, 2.75) is 316 Å². The van der Waals surface area contributed by atoms with Crippen LogP contribution in [0.25, 0.3) is 0 Å². The molecule has 6 nitrogen and oxygen atoms in total. The Morgan fingerprint density at radius 1 is 0.263 bits per heavy atom. The number of hydrogen-bond acceptors (Lipinski definition) is 6. The number of ether oxygens (including phenoxy) is 3. The van der Waals surface area contributed by atoms with Gasteiger partial charge < -0.3 is 14.2 Å². The molecule has 0 aliphatic heterocycles. The summed E-state index contributed by atoms with van der Waals surface area (Å²) >= 11 is 0. The minimum absolute atomic E-state index is 0.105. The lowest BCUT2D eigenvalue weighted by Gasteiger charge is -2.18. The van der Waals surface area contributed by atoms with E-state index in [1.165, 1.54) is 154 Å². The first-order chi connectivity index (χ1) is 39.5. The van der Waals surface area contributed by atoms with Gasteiger partial charge in [0.15, 0.2) is 6.10 Å². The summed E-state index contributed by atoms with van der Waals surface area (Å²) in [4.78, 5) is 38.3. The second-order valence-electron chi connectivity index (χ2n) is 22.0. The third-order valence-corrected chi connectivity index (χ3v) is 14.2. The normalized spacial score (nSPS) is 12.9. The Morgan fingerprint density at radius 2 is 0.512 bits per heavy atom. The molecule has 6 heteroatoms. The monoisotopic (exact) mass is 1110 g/mol. The topological polar surface area (TPSA) is 78.9 Å². The van der Waals surface area contributed by atoms with Crippen LogP contribution in [0.1, 0.15) is 310 Å². The van der Waals surface area contributed by atoms with Gasteiger partial charge in [0.1, 0.15) is 13.2 Å². The summed E-state index contributed by atoms with van der Waals surface area (Å²) in [5.74, 6) is -0.987. The summed E-state index contributed by atoms with van der Waals surface area (Å²) in [6.45, 7) is 6.37. The largest absolute Gasteiger partial charge is 0.462 e. The van der Waals surface area contributed by atoms with Crippen molar-refractivity contribution in [3.05, 3.63) is 122 Å². The molecule has 0 rings (SSSR count). The first kappa shape index (κ1) is 75.8. The standard InChI is InChI=1S/C74H124O6/c1-4-7-10-13-16-19-22-25-27-29-31-33-35-36-37-38-39-41-42-44-46-49-52-55-58-61-64-67-73(76)79-70-71(69-78-72(75)66-63-60-57-54-51-48-24-21-18-15-12-9-6-3)80-74(77)68-65-62-59-56-53-50-47-45-43-40-34-32-30-28-26-23-20-17-14-11-8-5-2/h7,9-10,12,16,18-19,21,25,27,31,33,36-37,39,41,48,51,57,60,71H,4-6,8,11,13-15,17,20,22-24,26,28-30,32,34-35,38,40,42-47,49-50,52-56,58-59,61-70H2,1-3H3/b10-7-,12-9-,19-16-,21-18-,27-25-,33-31-,37-36-,41-39-,51-48-,60-57-. The molecule has 0 amide bonds. The van der Waals surface area contributed by atoms with Crippen LogP contribution in [0, 0.1) is 0 Å². The van der Waals surface area contributed by atoms with Gasteiger partial charge in [0.25, 0.3) is 0 Å². The van der Waals surface area contributed by atoms with E-state index < -0.39 is 6.10 Å². The number of hydrogen-bond donors (Lipinski definition) is 0. The molecule has 0 bridgehead atoms. The minimum Gasteiger partial charge on any atom is -0.462 e. The number of rotatable bonds is 60. The van der Waals surface area contributed by atoms with Crippen LogP contribution in [0.5, 0.6) is 0 Å². The Labute approximate surface area is 494 Å². The smallest absolute Gasteiger partial charge is 0.306 e. The molecule has 0 heterocycles. The van der Waals surface area contributed by atoms with Gasteiger partial charge in [-0.15, -0.1) is 0 Å². The maximum Gasteiger partial charge on any atom is 0.306 e. The van der Waals surface area contributed by atoms with Gasteiger partial charge in [0, 0.05) is 19.3 Å². The van der Waals surface area contributed by atoms with Crippen LogP contribution in [-0.2, 0) is 28.6 Å². The molecule has 0 aromatic heterocycles. The fourth-order valence-electron chi connectivity index (χ4n) is 9.29. The van der Waals surface area contributed by atoms with Crippen LogP contribution in [0.2, 0.25) is 0 Å². The van der Waals surface area contributed by atoms with Gasteiger partial charge in [0.2, 0.25) is 0 Å². The van der Waals surface area contributed by atoms with E-state index in [0.717, 1.165) is 109 Å². The van der Waals surface area contributed by atoms with E-state index in [0.29, 0.717) is 19.3 Å². The van der Waals surface area contributed by atoms with E-state index in [9.17, 15) is 14.4 Å². The van der Waals surface area contributed by atoms with Crippen LogP contribution in [0.4, 0.5) is 0 Å². The van der Waals surface area contributed by atoms with Gasteiger partial charge in [-0.2, -0.15) is 0 Å². The average Bonchev–Trinajstić information content (AvgIpc) is 3.46. The highest BCUT2D eigenvalue weighted by Gasteiger charge is 2.19. The van der Waals surface area contributed by atoms with Crippen molar-refractivity contribution in [2.24, 2.45) is 0 Å². The Hall–Kier alpha value is -4.19. The van der Waals surface area contributed by atoms with Crippen molar-refractivity contribution in [2.75, 3.05) is 13.2 Å². The van der Waals surface area contributed by atoms with Gasteiger partial charge in [-0.25, -0.2) is 0 Å². The van der Waals surface area contributed by atoms with E-state index >= 15 is 0 Å². The van der Waals surface area contributed by atoms with E-state index in [1.54, 1.807) is 0 Å². The molecule has 1 unspecified atom stereocenters. The van der Waals surface area contributed by atoms with Gasteiger partial charge in [-0.1, -0.05) is 316 Å². The molecule has 1 atom stereocenters. The Balaban J connectivity index is 4.35. The number of unbranched alkanes of at least 4 members (excludes halogenated alkanes) is 29. The Morgan fingerprint density at radius 3 is 0.838 bits per heavy atom. The molecular formula is C74H124O6. The third kappa shape index (κ3) is 64.6. The number of esters is 3. The number of allylic oxidation sites excluding steroid dienone is 20. The van der Waals surface area contributed by atoms with Crippen molar-refractivity contribution in [1.29, 1.82) is 0 Å². The second kappa shape index (κ2) is 67.3. The maximum atomic E-state index is 12.9. The molecular weight excluding hydrogens is 985 g/mol. The highest BCUT2D eigenvalue weighted by Crippen LogP contribution is 2.17. The molecule has 456 valence electrons. The van der Waals surface area contributed by atoms with Gasteiger partial charge in [0.05, 0.1) is 0 Å². The number of carbonyl (C=O) groups excluding carboxylic acids is 3. The molecule has 0 aromatic carbocycles. The SMILES string of the molecule is CC/C=C\C/C=C\C/C=C\C/C=C\C/C=C\C/C=C\CCCCCCCCCCC(=O)OCC(COC(=O)CC/C=C\C/C=C\C/C=C\C/C=C\CC)OC(=O)CCCCCCCCCCCCCCCCCCCCCCCC. The zero-order valence-corrected chi connectivity index (χ0v) is 52.3. The highest BCUT2D eigenvalue weighted by molar-refractivity contribution is 5.71. The first-order valence-electron chi connectivity index (χ1n) is 33.5. The van der Waals surface area contributed by atoms with E-state index in [-0.39, 0.29) is 37.5 Å². The molecule has 0 saturated carbocycles. The van der Waals surface area contributed by atoms with Crippen LogP contribution in [-0.4, -0.2) is 37.2 Å². The lowest BCUT2D eigenvalue weighted by atomic mass is 10.0. The van der Waals surface area contributed by atoms with Gasteiger partial charge >= 0.3 is 17.9 Å². The summed E-state index contributed by atoms with van der Waals surface area (Å²) in [6.07, 6.45) is 93.8. The quantitative estimate of drug-likeness (QED) is 0.0261. The maximum absolute atomic E-state index is 12.9. The fourth-order valence-corrected chi connectivity index (χ4v) is 9.29. The van der Waals surface area contributed by atoms with Crippen LogP contribution in [0.15, 0.2) is 122 Å². The van der Waals surface area contributed by atoms with E-state index in [2.05, 4.69) is 136 Å². The Kier molecular flexibility index (Phi) is 63.8. The number of carbonyl (C=O) groups is 3. The summed E-state index contributed by atoms with van der Waals surface area (Å²) < 4.78 is 16.9. The van der Waals surface area contributed by atoms with Crippen LogP contribution in [0.3, 0.4) is 0 Å².